The van der Waals surface area contributed by atoms with E-state index in [1.54, 1.807) is 18.2 Å². The van der Waals surface area contributed by atoms with E-state index in [-0.39, 0.29) is 29.5 Å². The molecular weight excluding hydrogens is 347 g/mol. The molecule has 6 nitrogen and oxygen atoms in total. The number of ether oxygens (including phenoxy) is 1. The molecule has 1 aromatic rings. The number of nitrogens with zero attached hydrogens (tertiary/aromatic N) is 2. The highest BCUT2D eigenvalue weighted by Gasteiger charge is 2.24. The molecule has 3 N–H and O–H groups in total. The maximum absolute atomic E-state index is 13.8. The van der Waals surface area contributed by atoms with Gasteiger partial charge in [-0.1, -0.05) is 19.1 Å². The molecule has 0 spiro atoms. The van der Waals surface area contributed by atoms with Crippen LogP contribution < -0.4 is 15.8 Å². The largest absolute Gasteiger partial charge is 0.485 e. The number of nitrogens with one attached hydrogen (secondary N) is 1. The minimum absolute atomic E-state index is 0.207. The van der Waals surface area contributed by atoms with Crippen LogP contribution in [-0.4, -0.2) is 49.0 Å². The summed E-state index contributed by atoms with van der Waals surface area (Å²) < 4.78 is 19.6. The maximum Gasteiger partial charge on any atom is 0.217 e. The van der Waals surface area contributed by atoms with Gasteiger partial charge in [-0.25, -0.2) is 9.38 Å². The molecule has 1 heterocycles. The number of carbonyl (C=O) groups is 1. The molecule has 1 saturated heterocycles. The Morgan fingerprint density at radius 1 is 1.44 bits per heavy atom. The van der Waals surface area contributed by atoms with E-state index < -0.39 is 0 Å². The third kappa shape index (κ3) is 6.73. The minimum Gasteiger partial charge on any atom is -0.485 e. The van der Waals surface area contributed by atoms with Gasteiger partial charge in [-0.2, -0.15) is 0 Å². The van der Waals surface area contributed by atoms with Crippen molar-refractivity contribution in [3.05, 3.63) is 30.1 Å². The minimum atomic E-state index is -0.364. The molecule has 2 atom stereocenters. The first-order valence-corrected chi connectivity index (χ1v) is 9.76. The molecule has 27 heavy (non-hydrogen) atoms. The molecule has 1 amide bonds. The van der Waals surface area contributed by atoms with Crippen molar-refractivity contribution in [2.75, 3.05) is 26.2 Å². The van der Waals surface area contributed by atoms with Gasteiger partial charge in [0.05, 0.1) is 6.54 Å². The first-order valence-electron chi connectivity index (χ1n) is 9.76. The van der Waals surface area contributed by atoms with Crippen LogP contribution >= 0.6 is 0 Å². The lowest BCUT2D eigenvalue weighted by Crippen LogP contribution is -2.47. The van der Waals surface area contributed by atoms with Crippen molar-refractivity contribution in [3.63, 3.8) is 0 Å². The van der Waals surface area contributed by atoms with Crippen LogP contribution in [0.3, 0.4) is 0 Å². The average molecular weight is 378 g/mol. The predicted molar refractivity (Wildman–Crippen MR) is 105 cm³/mol. The number of hydrogen-bond acceptors (Lipinski definition) is 3. The highest BCUT2D eigenvalue weighted by molar-refractivity contribution is 5.80. The molecule has 0 bridgehead atoms. The van der Waals surface area contributed by atoms with Crippen molar-refractivity contribution >= 4 is 11.9 Å². The second kappa shape index (κ2) is 10.7. The van der Waals surface area contributed by atoms with Crippen LogP contribution in [0.15, 0.2) is 29.3 Å². The SMILES string of the molecule is CCNC(=NCC(CC)Oc1ccccc1F)N1CCCC(CC(N)=O)C1. The van der Waals surface area contributed by atoms with Gasteiger partial charge in [0.25, 0.3) is 0 Å². The average Bonchev–Trinajstić information content (AvgIpc) is 2.65. The van der Waals surface area contributed by atoms with Gasteiger partial charge in [-0.15, -0.1) is 0 Å². The molecular formula is C20H31FN4O2. The zero-order valence-electron chi connectivity index (χ0n) is 16.3. The van der Waals surface area contributed by atoms with Crippen LogP contribution in [0.4, 0.5) is 4.39 Å². The summed E-state index contributed by atoms with van der Waals surface area (Å²) in [6.07, 6.45) is 2.94. The summed E-state index contributed by atoms with van der Waals surface area (Å²) in [5.41, 5.74) is 5.35. The summed E-state index contributed by atoms with van der Waals surface area (Å²) in [7, 11) is 0. The van der Waals surface area contributed by atoms with Gasteiger partial charge >= 0.3 is 0 Å². The highest BCUT2D eigenvalue weighted by atomic mass is 19.1. The van der Waals surface area contributed by atoms with Crippen molar-refractivity contribution in [1.82, 2.24) is 10.2 Å². The second-order valence-electron chi connectivity index (χ2n) is 6.90. The molecule has 0 saturated carbocycles. The molecule has 7 heteroatoms. The predicted octanol–water partition coefficient (Wildman–Crippen LogP) is 2.54. The lowest BCUT2D eigenvalue weighted by atomic mass is 9.95. The number of guanidine groups is 1. The van der Waals surface area contributed by atoms with Crippen LogP contribution in [0.25, 0.3) is 0 Å². The highest BCUT2D eigenvalue weighted by Crippen LogP contribution is 2.20. The van der Waals surface area contributed by atoms with E-state index in [1.807, 2.05) is 13.8 Å². The molecule has 150 valence electrons. The zero-order chi connectivity index (χ0) is 19.6. The molecule has 1 aliphatic heterocycles. The topological polar surface area (TPSA) is 80.0 Å². The van der Waals surface area contributed by atoms with Gasteiger partial charge in [-0.05, 0) is 44.2 Å². The monoisotopic (exact) mass is 378 g/mol. The smallest absolute Gasteiger partial charge is 0.217 e. The summed E-state index contributed by atoms with van der Waals surface area (Å²) in [6, 6.07) is 6.42. The van der Waals surface area contributed by atoms with E-state index >= 15 is 0 Å². The van der Waals surface area contributed by atoms with Gasteiger partial charge in [0.15, 0.2) is 17.5 Å². The Hall–Kier alpha value is -2.31. The molecule has 0 aliphatic carbocycles. The van der Waals surface area contributed by atoms with Crippen LogP contribution in [0.2, 0.25) is 0 Å². The Kier molecular flexibility index (Phi) is 8.36. The standard InChI is InChI=1S/C20H31FN4O2/c1-3-16(27-18-10-6-5-9-17(18)21)13-24-20(23-4-2)25-11-7-8-15(14-25)12-19(22)26/h5-6,9-10,15-16H,3-4,7-8,11-14H2,1-2H3,(H2,22,26)(H,23,24). The van der Waals surface area contributed by atoms with Gasteiger partial charge in [0.2, 0.25) is 5.91 Å². The Bertz CT molecular complexity index is 638. The maximum atomic E-state index is 13.8. The quantitative estimate of drug-likeness (QED) is 0.538. The molecule has 2 rings (SSSR count). The van der Waals surface area contributed by atoms with E-state index in [0.717, 1.165) is 44.9 Å². The summed E-state index contributed by atoms with van der Waals surface area (Å²) in [4.78, 5) is 18.1. The van der Waals surface area contributed by atoms with Gasteiger partial charge < -0.3 is 20.7 Å². The van der Waals surface area contributed by atoms with Gasteiger partial charge in [0.1, 0.15) is 6.10 Å². The first kappa shape index (κ1) is 21.0. The van der Waals surface area contributed by atoms with Crippen molar-refractivity contribution in [2.45, 2.75) is 45.6 Å². The third-order valence-corrected chi connectivity index (χ3v) is 4.67. The summed E-state index contributed by atoms with van der Waals surface area (Å²) in [6.45, 7) is 6.86. The fourth-order valence-corrected chi connectivity index (χ4v) is 3.29. The number of nitrogens with two attached hydrogens (primary N) is 1. The number of amides is 1. The summed E-state index contributed by atoms with van der Waals surface area (Å²) in [5, 5.41) is 3.31. The third-order valence-electron chi connectivity index (χ3n) is 4.67. The van der Waals surface area contributed by atoms with Gasteiger partial charge in [0, 0.05) is 26.1 Å². The van der Waals surface area contributed by atoms with Crippen LogP contribution in [-0.2, 0) is 4.79 Å². The number of carbonyl (C=O) groups excluding carboxylic acids is 1. The number of rotatable bonds is 8. The van der Waals surface area contributed by atoms with E-state index in [2.05, 4.69) is 10.2 Å². The lowest BCUT2D eigenvalue weighted by Gasteiger charge is -2.34. The second-order valence-corrected chi connectivity index (χ2v) is 6.90. The van der Waals surface area contributed by atoms with Crippen molar-refractivity contribution in [1.29, 1.82) is 0 Å². The fraction of sp³-hybridized carbons (Fsp3) is 0.600. The number of piperidine rings is 1. The Labute approximate surface area is 161 Å². The molecule has 1 fully saturated rings. The van der Waals surface area contributed by atoms with E-state index in [4.69, 9.17) is 15.5 Å². The molecule has 2 unspecified atom stereocenters. The molecule has 1 aromatic carbocycles. The Morgan fingerprint density at radius 3 is 2.89 bits per heavy atom. The number of primary amides is 1. The number of likely N-dealkylation sites (tertiary alicyclic amines) is 1. The van der Waals surface area contributed by atoms with Crippen molar-refractivity contribution in [3.8, 4) is 5.75 Å². The van der Waals surface area contributed by atoms with Crippen molar-refractivity contribution < 1.29 is 13.9 Å². The number of para-hydroxylation sites is 1. The van der Waals surface area contributed by atoms with E-state index in [9.17, 15) is 9.18 Å². The van der Waals surface area contributed by atoms with Crippen molar-refractivity contribution in [2.24, 2.45) is 16.6 Å². The lowest BCUT2D eigenvalue weighted by molar-refractivity contribution is -0.119. The summed E-state index contributed by atoms with van der Waals surface area (Å²) in [5.74, 6) is 0.702. The number of halogens is 1. The molecule has 0 aromatic heterocycles. The van der Waals surface area contributed by atoms with Crippen LogP contribution in [0, 0.1) is 11.7 Å². The zero-order valence-corrected chi connectivity index (χ0v) is 16.3. The Morgan fingerprint density at radius 2 is 2.22 bits per heavy atom. The van der Waals surface area contributed by atoms with Gasteiger partial charge in [-0.3, -0.25) is 4.79 Å². The van der Waals surface area contributed by atoms with E-state index in [0.29, 0.717) is 13.0 Å². The number of aliphatic imine (C=N–C) groups is 1. The number of hydrogen-bond donors (Lipinski definition) is 2. The molecule has 0 radical (unpaired) electrons. The normalized spacial score (nSPS) is 18.9. The summed E-state index contributed by atoms with van der Waals surface area (Å²) >= 11 is 0. The van der Waals surface area contributed by atoms with E-state index in [1.165, 1.54) is 6.07 Å². The fourth-order valence-electron chi connectivity index (χ4n) is 3.29. The number of benzene rings is 1. The first-order chi connectivity index (χ1) is 13.0. The molecule has 1 aliphatic rings. The Balaban J connectivity index is 2.02. The van der Waals surface area contributed by atoms with Crippen LogP contribution in [0.5, 0.6) is 5.75 Å². The van der Waals surface area contributed by atoms with Crippen LogP contribution in [0.1, 0.15) is 39.5 Å².